The molecule has 0 aromatic carbocycles. The van der Waals surface area contributed by atoms with Crippen LogP contribution in [0.15, 0.2) is 0 Å². The molecule has 1 atom stereocenters. The molecule has 5 heteroatoms. The molecule has 1 aromatic heterocycles. The van der Waals surface area contributed by atoms with Crippen LogP contribution in [0.5, 0.6) is 0 Å². The lowest BCUT2D eigenvalue weighted by molar-refractivity contribution is -0.119. The Bertz CT molecular complexity index is 665. The molecule has 4 nitrogen and oxygen atoms in total. The van der Waals surface area contributed by atoms with E-state index in [1.165, 1.54) is 12.0 Å². The van der Waals surface area contributed by atoms with Gasteiger partial charge in [0.1, 0.15) is 5.00 Å². The predicted octanol–water partition coefficient (Wildman–Crippen LogP) is 4.81. The fourth-order valence-electron chi connectivity index (χ4n) is 4.13. The largest absolute Gasteiger partial charge is 0.465 e. The maximum Gasteiger partial charge on any atom is 0.341 e. The molecule has 1 fully saturated rings. The Balaban J connectivity index is 1.89. The van der Waals surface area contributed by atoms with Crippen molar-refractivity contribution >= 4 is 28.2 Å². The van der Waals surface area contributed by atoms with Gasteiger partial charge in [-0.2, -0.15) is 0 Å². The number of hydrogen-bond acceptors (Lipinski definition) is 4. The van der Waals surface area contributed by atoms with Crippen molar-refractivity contribution in [2.45, 2.75) is 65.7 Å². The molecule has 2 aliphatic rings. The monoisotopic (exact) mass is 363 g/mol. The Hall–Kier alpha value is -1.36. The van der Waals surface area contributed by atoms with Crippen molar-refractivity contribution in [2.24, 2.45) is 17.3 Å². The fourth-order valence-corrected chi connectivity index (χ4v) is 5.45. The lowest BCUT2D eigenvalue weighted by Gasteiger charge is -2.33. The van der Waals surface area contributed by atoms with Gasteiger partial charge >= 0.3 is 5.97 Å². The van der Waals surface area contributed by atoms with E-state index in [0.717, 1.165) is 50.5 Å². The number of esters is 1. The molecule has 3 rings (SSSR count). The minimum absolute atomic E-state index is 0.0635. The van der Waals surface area contributed by atoms with Gasteiger partial charge in [0.25, 0.3) is 0 Å². The average Bonchev–Trinajstić information content (AvgIpc) is 3.20. The third kappa shape index (κ3) is 3.76. The van der Waals surface area contributed by atoms with Crippen LogP contribution in [0.1, 0.15) is 73.7 Å². The number of anilines is 1. The quantitative estimate of drug-likeness (QED) is 0.784. The highest BCUT2D eigenvalue weighted by Gasteiger charge is 2.35. The van der Waals surface area contributed by atoms with Crippen LogP contribution >= 0.6 is 11.3 Å². The summed E-state index contributed by atoms with van der Waals surface area (Å²) in [5, 5.41) is 3.75. The topological polar surface area (TPSA) is 55.4 Å². The number of carbonyl (C=O) groups excluding carboxylic acids is 2. The second-order valence-corrected chi connectivity index (χ2v) is 9.58. The molecule has 0 spiro atoms. The standard InChI is InChI=1S/C20H29NO3S/c1-20(2,3)13-9-10-14-15(11-13)25-18(16(14)19(23)24-4)21-17(22)12-7-5-6-8-12/h12-13H,5-11H2,1-4H3,(H,21,22). The van der Waals surface area contributed by atoms with Crippen molar-refractivity contribution in [3.8, 4) is 0 Å². The van der Waals surface area contributed by atoms with Crippen molar-refractivity contribution in [3.05, 3.63) is 16.0 Å². The smallest absolute Gasteiger partial charge is 0.341 e. The number of amides is 1. The van der Waals surface area contributed by atoms with Crippen LogP contribution in [-0.4, -0.2) is 19.0 Å². The molecule has 1 aromatic rings. The first kappa shape index (κ1) is 18.4. The molecule has 1 amide bonds. The summed E-state index contributed by atoms with van der Waals surface area (Å²) in [4.78, 5) is 26.2. The van der Waals surface area contributed by atoms with E-state index in [9.17, 15) is 9.59 Å². The van der Waals surface area contributed by atoms with Crippen LogP contribution in [-0.2, 0) is 22.4 Å². The van der Waals surface area contributed by atoms with Gasteiger partial charge < -0.3 is 10.1 Å². The normalized spacial score (nSPS) is 21.0. The second-order valence-electron chi connectivity index (χ2n) is 8.48. The third-order valence-corrected chi connectivity index (χ3v) is 7.01. The van der Waals surface area contributed by atoms with Crippen molar-refractivity contribution in [3.63, 3.8) is 0 Å². The maximum absolute atomic E-state index is 12.6. The predicted molar refractivity (Wildman–Crippen MR) is 101 cm³/mol. The Morgan fingerprint density at radius 2 is 1.84 bits per heavy atom. The maximum atomic E-state index is 12.6. The van der Waals surface area contributed by atoms with Gasteiger partial charge in [-0.05, 0) is 49.0 Å². The van der Waals surface area contributed by atoms with Crippen molar-refractivity contribution in [1.82, 2.24) is 0 Å². The first-order valence-corrected chi connectivity index (χ1v) is 10.2. The molecule has 1 N–H and O–H groups in total. The molecule has 0 bridgehead atoms. The molecule has 0 aliphatic heterocycles. The molecule has 138 valence electrons. The van der Waals surface area contributed by atoms with E-state index in [1.54, 1.807) is 11.3 Å². The van der Waals surface area contributed by atoms with Gasteiger partial charge in [0.15, 0.2) is 0 Å². The number of carbonyl (C=O) groups is 2. The van der Waals surface area contributed by atoms with Crippen LogP contribution in [0.4, 0.5) is 5.00 Å². The Kier molecular flexibility index (Phi) is 5.24. The molecule has 0 radical (unpaired) electrons. The number of ether oxygens (including phenoxy) is 1. The van der Waals surface area contributed by atoms with E-state index in [4.69, 9.17) is 4.74 Å². The van der Waals surface area contributed by atoms with Gasteiger partial charge in [0.2, 0.25) is 5.91 Å². The zero-order valence-electron chi connectivity index (χ0n) is 15.7. The summed E-state index contributed by atoms with van der Waals surface area (Å²) < 4.78 is 5.02. The second kappa shape index (κ2) is 7.10. The number of nitrogens with one attached hydrogen (secondary N) is 1. The fraction of sp³-hybridized carbons (Fsp3) is 0.700. The summed E-state index contributed by atoms with van der Waals surface area (Å²) >= 11 is 1.58. The number of methoxy groups -OCH3 is 1. The minimum Gasteiger partial charge on any atom is -0.465 e. The van der Waals surface area contributed by atoms with Gasteiger partial charge in [-0.25, -0.2) is 4.79 Å². The summed E-state index contributed by atoms with van der Waals surface area (Å²) in [6, 6.07) is 0. The van der Waals surface area contributed by atoms with Gasteiger partial charge in [0.05, 0.1) is 12.7 Å². The molecular formula is C20H29NO3S. The van der Waals surface area contributed by atoms with Crippen LogP contribution in [0.3, 0.4) is 0 Å². The Labute approximate surface area is 154 Å². The lowest BCUT2D eigenvalue weighted by Crippen LogP contribution is -2.26. The first-order valence-electron chi connectivity index (χ1n) is 9.35. The van der Waals surface area contributed by atoms with E-state index in [1.807, 2.05) is 0 Å². The molecule has 2 aliphatic carbocycles. The summed E-state index contributed by atoms with van der Waals surface area (Å²) in [7, 11) is 1.41. The zero-order valence-corrected chi connectivity index (χ0v) is 16.6. The number of thiophene rings is 1. The highest BCUT2D eigenvalue weighted by atomic mass is 32.1. The van der Waals surface area contributed by atoms with Crippen LogP contribution < -0.4 is 5.32 Å². The number of fused-ring (bicyclic) bond motifs is 1. The third-order valence-electron chi connectivity index (χ3n) is 5.84. The van der Waals surface area contributed by atoms with E-state index in [-0.39, 0.29) is 23.2 Å². The van der Waals surface area contributed by atoms with Crippen molar-refractivity contribution < 1.29 is 14.3 Å². The Morgan fingerprint density at radius 3 is 2.44 bits per heavy atom. The van der Waals surface area contributed by atoms with E-state index >= 15 is 0 Å². The van der Waals surface area contributed by atoms with Crippen molar-refractivity contribution in [1.29, 1.82) is 0 Å². The number of rotatable bonds is 3. The van der Waals surface area contributed by atoms with E-state index in [2.05, 4.69) is 26.1 Å². The number of hydrogen-bond donors (Lipinski definition) is 1. The SMILES string of the molecule is COC(=O)c1c(NC(=O)C2CCCC2)sc2c1CCC(C(C)(C)C)C2. The molecule has 1 heterocycles. The Morgan fingerprint density at radius 1 is 1.16 bits per heavy atom. The van der Waals surface area contributed by atoms with Crippen LogP contribution in [0.25, 0.3) is 0 Å². The highest BCUT2D eigenvalue weighted by Crippen LogP contribution is 2.44. The minimum atomic E-state index is -0.326. The lowest BCUT2D eigenvalue weighted by atomic mass is 9.72. The van der Waals surface area contributed by atoms with Gasteiger partial charge in [-0.3, -0.25) is 4.79 Å². The van der Waals surface area contributed by atoms with E-state index in [0.29, 0.717) is 16.5 Å². The summed E-state index contributed by atoms with van der Waals surface area (Å²) in [5.41, 5.74) is 1.95. The summed E-state index contributed by atoms with van der Waals surface area (Å²) in [5.74, 6) is 0.427. The van der Waals surface area contributed by atoms with Crippen LogP contribution in [0.2, 0.25) is 0 Å². The summed E-state index contributed by atoms with van der Waals surface area (Å²) in [6.45, 7) is 6.83. The molecule has 1 unspecified atom stereocenters. The molecular weight excluding hydrogens is 334 g/mol. The van der Waals surface area contributed by atoms with Gasteiger partial charge in [-0.15, -0.1) is 11.3 Å². The average molecular weight is 364 g/mol. The van der Waals surface area contributed by atoms with Crippen molar-refractivity contribution in [2.75, 3.05) is 12.4 Å². The highest BCUT2D eigenvalue weighted by molar-refractivity contribution is 7.17. The molecule has 1 saturated carbocycles. The zero-order chi connectivity index (χ0) is 18.2. The summed E-state index contributed by atoms with van der Waals surface area (Å²) in [6.07, 6.45) is 7.09. The van der Waals surface area contributed by atoms with Gasteiger partial charge in [-0.1, -0.05) is 33.6 Å². The van der Waals surface area contributed by atoms with Crippen LogP contribution in [0, 0.1) is 17.3 Å². The molecule has 0 saturated heterocycles. The first-order chi connectivity index (χ1) is 11.8. The van der Waals surface area contributed by atoms with E-state index < -0.39 is 0 Å². The molecule has 25 heavy (non-hydrogen) atoms. The van der Waals surface area contributed by atoms with Gasteiger partial charge in [0, 0.05) is 10.8 Å².